The van der Waals surface area contributed by atoms with Crippen LogP contribution >= 0.6 is 0 Å². The molecular weight excluding hydrogens is 504 g/mol. The minimum absolute atomic E-state index is 0.0837. The molecule has 0 atom stereocenters. The van der Waals surface area contributed by atoms with Gasteiger partial charge in [-0.3, -0.25) is 0 Å². The molecule has 39 heavy (non-hydrogen) atoms. The third-order valence-electron chi connectivity index (χ3n) is 6.41. The zero-order valence-electron chi connectivity index (χ0n) is 21.5. The van der Waals surface area contributed by atoms with Crippen LogP contribution in [0.3, 0.4) is 0 Å². The van der Waals surface area contributed by atoms with Gasteiger partial charge in [0.1, 0.15) is 6.61 Å². The number of hydrogen-bond donors (Lipinski definition) is 0. The lowest BCUT2D eigenvalue weighted by Crippen LogP contribution is -2.14. The molecule has 2 heterocycles. The van der Waals surface area contributed by atoms with E-state index in [2.05, 4.69) is 5.10 Å². The zero-order chi connectivity index (χ0) is 27.7. The van der Waals surface area contributed by atoms with E-state index in [0.29, 0.717) is 33.1 Å². The molecule has 5 rings (SSSR count). The number of ether oxygens (including phenoxy) is 2. The Labute approximate surface area is 222 Å². The molecule has 0 fully saturated rings. The van der Waals surface area contributed by atoms with Crippen molar-refractivity contribution < 1.29 is 27.8 Å². The Hall–Kier alpha value is -4.79. The first kappa shape index (κ1) is 25.8. The van der Waals surface area contributed by atoms with Crippen LogP contribution in [-0.2, 0) is 20.9 Å². The highest BCUT2D eigenvalue weighted by molar-refractivity contribution is 6.04. The second-order valence-electron chi connectivity index (χ2n) is 9.27. The first-order valence-electron chi connectivity index (χ1n) is 12.3. The summed E-state index contributed by atoms with van der Waals surface area (Å²) in [6.07, 6.45) is 3.82. The lowest BCUT2D eigenvalue weighted by molar-refractivity contribution is -0.134. The molecule has 0 N–H and O–H groups in total. The summed E-state index contributed by atoms with van der Waals surface area (Å²) in [6, 6.07) is 16.6. The summed E-state index contributed by atoms with van der Waals surface area (Å²) in [5, 5.41) is 5.56. The Kier molecular flexibility index (Phi) is 6.98. The Balaban J connectivity index is 1.70. The van der Waals surface area contributed by atoms with Gasteiger partial charge < -0.3 is 14.0 Å². The summed E-state index contributed by atoms with van der Waals surface area (Å²) < 4.78 is 41.4. The van der Waals surface area contributed by atoms with E-state index in [1.807, 2.05) is 54.8 Å². The maximum absolute atomic E-state index is 14.3. The number of fused-ring (bicyclic) bond motifs is 2. The highest BCUT2D eigenvalue weighted by atomic mass is 19.2. The number of aromatic nitrogens is 3. The third-order valence-corrected chi connectivity index (χ3v) is 6.41. The van der Waals surface area contributed by atoms with Crippen LogP contribution in [0.15, 0.2) is 72.9 Å². The minimum atomic E-state index is -0.981. The van der Waals surface area contributed by atoms with Crippen LogP contribution in [-0.4, -0.2) is 33.5 Å². The van der Waals surface area contributed by atoms with Crippen molar-refractivity contribution in [1.82, 2.24) is 14.3 Å². The molecule has 0 aliphatic carbocycles. The molecule has 198 valence electrons. The van der Waals surface area contributed by atoms with E-state index in [4.69, 9.17) is 9.47 Å². The summed E-state index contributed by atoms with van der Waals surface area (Å²) in [5.74, 6) is -2.57. The van der Waals surface area contributed by atoms with Crippen molar-refractivity contribution in [3.8, 4) is 5.69 Å². The van der Waals surface area contributed by atoms with E-state index in [1.165, 1.54) is 23.9 Å². The lowest BCUT2D eigenvalue weighted by Gasteiger charge is -2.15. The normalized spacial score (nSPS) is 11.6. The summed E-state index contributed by atoms with van der Waals surface area (Å²) in [7, 11) is 1.28. The number of hydrogen-bond acceptors (Lipinski definition) is 5. The standard InChI is InChI=1S/C30H25F2N3O4/c1-18(2)29-22(10-12-28(36)38-3)23-15-26-20(13-27(23)34(29)21-9-11-24(31)25(32)14-21)16-33-35(26)30(37)39-17-19-7-5-4-6-8-19/h4-16,18H,17H2,1-3H3/b12-10+. The van der Waals surface area contributed by atoms with Crippen molar-refractivity contribution in [2.75, 3.05) is 7.11 Å². The number of nitrogens with zero attached hydrogens (tertiary/aromatic N) is 3. The second-order valence-corrected chi connectivity index (χ2v) is 9.27. The fourth-order valence-electron chi connectivity index (χ4n) is 4.64. The summed E-state index contributed by atoms with van der Waals surface area (Å²) in [6.45, 7) is 4.01. The molecule has 0 saturated carbocycles. The average molecular weight is 530 g/mol. The fraction of sp³-hybridized carbons (Fsp3) is 0.167. The number of halogens is 2. The molecule has 0 saturated heterocycles. The monoisotopic (exact) mass is 529 g/mol. The zero-order valence-corrected chi connectivity index (χ0v) is 21.5. The van der Waals surface area contributed by atoms with Gasteiger partial charge in [0.2, 0.25) is 0 Å². The minimum Gasteiger partial charge on any atom is -0.466 e. The number of carbonyl (C=O) groups excluding carboxylic acids is 2. The highest BCUT2D eigenvalue weighted by Crippen LogP contribution is 2.37. The molecule has 2 aromatic heterocycles. The first-order valence-corrected chi connectivity index (χ1v) is 12.3. The predicted octanol–water partition coefficient (Wildman–Crippen LogP) is 6.75. The fourth-order valence-corrected chi connectivity index (χ4v) is 4.64. The highest BCUT2D eigenvalue weighted by Gasteiger charge is 2.23. The van der Waals surface area contributed by atoms with Gasteiger partial charge in [0.05, 0.1) is 24.3 Å². The topological polar surface area (TPSA) is 75.4 Å². The van der Waals surface area contributed by atoms with Gasteiger partial charge in [0.15, 0.2) is 11.6 Å². The summed E-state index contributed by atoms with van der Waals surface area (Å²) in [4.78, 5) is 24.9. The maximum atomic E-state index is 14.3. The van der Waals surface area contributed by atoms with E-state index in [-0.39, 0.29) is 12.5 Å². The molecule has 7 nitrogen and oxygen atoms in total. The first-order chi connectivity index (χ1) is 18.8. The summed E-state index contributed by atoms with van der Waals surface area (Å²) >= 11 is 0. The smallest absolute Gasteiger partial charge is 0.435 e. The van der Waals surface area contributed by atoms with Gasteiger partial charge in [-0.25, -0.2) is 18.4 Å². The van der Waals surface area contributed by atoms with Crippen molar-refractivity contribution in [2.45, 2.75) is 26.4 Å². The predicted molar refractivity (Wildman–Crippen MR) is 144 cm³/mol. The molecule has 0 unspecified atom stereocenters. The number of rotatable bonds is 6. The molecule has 9 heteroatoms. The molecule has 3 aromatic carbocycles. The van der Waals surface area contributed by atoms with Gasteiger partial charge in [0.25, 0.3) is 0 Å². The van der Waals surface area contributed by atoms with Crippen LogP contribution < -0.4 is 0 Å². The Morgan fingerprint density at radius 2 is 1.77 bits per heavy atom. The van der Waals surface area contributed by atoms with Crippen LogP contribution in [0.4, 0.5) is 13.6 Å². The van der Waals surface area contributed by atoms with Crippen LogP contribution in [0.5, 0.6) is 0 Å². The Bertz CT molecular complexity index is 1740. The number of esters is 1. The molecular formula is C30H25F2N3O4. The van der Waals surface area contributed by atoms with E-state index >= 15 is 0 Å². The molecule has 0 radical (unpaired) electrons. The molecule has 0 aliphatic rings. The Morgan fingerprint density at radius 1 is 1.00 bits per heavy atom. The van der Waals surface area contributed by atoms with Crippen molar-refractivity contribution in [3.05, 3.63) is 101 Å². The Morgan fingerprint density at radius 3 is 2.46 bits per heavy atom. The SMILES string of the molecule is COC(=O)/C=C/c1c(C(C)C)n(-c2ccc(F)c(F)c2)c2cc3cnn(C(=O)OCc4ccccc4)c3cc12. The largest absolute Gasteiger partial charge is 0.466 e. The van der Waals surface area contributed by atoms with Gasteiger partial charge in [-0.1, -0.05) is 44.2 Å². The average Bonchev–Trinajstić information content (AvgIpc) is 3.49. The van der Waals surface area contributed by atoms with Crippen LogP contribution in [0.1, 0.15) is 36.6 Å². The van der Waals surface area contributed by atoms with Crippen molar-refractivity contribution in [3.63, 3.8) is 0 Å². The number of methoxy groups -OCH3 is 1. The molecule has 0 aliphatic heterocycles. The van der Waals surface area contributed by atoms with E-state index < -0.39 is 23.7 Å². The third kappa shape index (κ3) is 4.90. The van der Waals surface area contributed by atoms with Gasteiger partial charge in [0, 0.05) is 39.9 Å². The van der Waals surface area contributed by atoms with Crippen LogP contribution in [0, 0.1) is 11.6 Å². The lowest BCUT2D eigenvalue weighted by atomic mass is 10.0. The van der Waals surface area contributed by atoms with Crippen molar-refractivity contribution in [1.29, 1.82) is 0 Å². The molecule has 5 aromatic rings. The molecule has 0 bridgehead atoms. The molecule has 0 spiro atoms. The van der Waals surface area contributed by atoms with Gasteiger partial charge in [-0.15, -0.1) is 0 Å². The second kappa shape index (κ2) is 10.5. The van der Waals surface area contributed by atoms with Gasteiger partial charge in [-0.05, 0) is 41.8 Å². The number of benzene rings is 3. The van der Waals surface area contributed by atoms with Crippen LogP contribution in [0.25, 0.3) is 33.6 Å². The van der Waals surface area contributed by atoms with E-state index in [1.54, 1.807) is 18.3 Å². The van der Waals surface area contributed by atoms with Gasteiger partial charge in [-0.2, -0.15) is 9.78 Å². The quantitative estimate of drug-likeness (QED) is 0.180. The van der Waals surface area contributed by atoms with Crippen LogP contribution in [0.2, 0.25) is 0 Å². The van der Waals surface area contributed by atoms with Gasteiger partial charge >= 0.3 is 12.1 Å². The summed E-state index contributed by atoms with van der Waals surface area (Å²) in [5.41, 5.74) is 3.84. The van der Waals surface area contributed by atoms with E-state index in [0.717, 1.165) is 23.4 Å². The number of carbonyl (C=O) groups is 2. The maximum Gasteiger partial charge on any atom is 0.435 e. The van der Waals surface area contributed by atoms with Crippen molar-refractivity contribution >= 4 is 39.9 Å². The van der Waals surface area contributed by atoms with E-state index in [9.17, 15) is 18.4 Å². The van der Waals surface area contributed by atoms with Crippen molar-refractivity contribution in [2.24, 2.45) is 0 Å². The molecule has 0 amide bonds.